The molecule has 0 radical (unpaired) electrons. The monoisotopic (exact) mass is 507 g/mol. The highest BCUT2D eigenvalue weighted by atomic mass is 35.5. The van der Waals surface area contributed by atoms with E-state index in [9.17, 15) is 19.2 Å². The van der Waals surface area contributed by atoms with Crippen LogP contribution in [0.2, 0.25) is 0 Å². The number of esters is 1. The van der Waals surface area contributed by atoms with Gasteiger partial charge in [-0.1, -0.05) is 24.6 Å². The second kappa shape index (κ2) is 10.9. The van der Waals surface area contributed by atoms with Crippen molar-refractivity contribution in [1.29, 1.82) is 0 Å². The number of carbonyl (C=O) groups is 4. The lowest BCUT2D eigenvalue weighted by Crippen LogP contribution is -2.32. The maximum absolute atomic E-state index is 13.1. The molecule has 4 rings (SSSR count). The minimum atomic E-state index is -0.710. The first-order valence-corrected chi connectivity index (χ1v) is 11.5. The summed E-state index contributed by atoms with van der Waals surface area (Å²) in [6, 6.07) is 15.8. The SMILES string of the molecule is CCCOC(=O)c1ccc(N2C(=O)C(Cl)=C(Nc3cccc(C(=O)NCc4ccco4)c3)C2=O)cc1. The molecule has 0 saturated carbocycles. The number of anilines is 2. The van der Waals surface area contributed by atoms with E-state index in [4.69, 9.17) is 20.8 Å². The van der Waals surface area contributed by atoms with E-state index in [2.05, 4.69) is 10.6 Å². The molecule has 9 nitrogen and oxygen atoms in total. The lowest BCUT2D eigenvalue weighted by atomic mass is 10.2. The molecule has 0 aliphatic carbocycles. The van der Waals surface area contributed by atoms with Crippen LogP contribution in [0.3, 0.4) is 0 Å². The van der Waals surface area contributed by atoms with Gasteiger partial charge in [0, 0.05) is 11.3 Å². The fourth-order valence-electron chi connectivity index (χ4n) is 3.44. The third kappa shape index (κ3) is 5.31. The van der Waals surface area contributed by atoms with Crippen molar-refractivity contribution in [3.63, 3.8) is 0 Å². The Morgan fingerprint density at radius 3 is 2.47 bits per heavy atom. The fraction of sp³-hybridized carbons (Fsp3) is 0.154. The van der Waals surface area contributed by atoms with Crippen LogP contribution in [0.1, 0.15) is 39.8 Å². The normalized spacial score (nSPS) is 13.2. The van der Waals surface area contributed by atoms with Crippen molar-refractivity contribution >= 4 is 46.7 Å². The van der Waals surface area contributed by atoms with E-state index in [0.29, 0.717) is 35.6 Å². The lowest BCUT2D eigenvalue weighted by Gasteiger charge is -2.15. The predicted molar refractivity (Wildman–Crippen MR) is 132 cm³/mol. The highest BCUT2D eigenvalue weighted by molar-refractivity contribution is 6.53. The quantitative estimate of drug-likeness (QED) is 0.329. The second-order valence-corrected chi connectivity index (χ2v) is 8.16. The van der Waals surface area contributed by atoms with Gasteiger partial charge < -0.3 is 19.8 Å². The zero-order valence-electron chi connectivity index (χ0n) is 19.2. The Balaban J connectivity index is 1.46. The molecular formula is C26H22ClN3O6. The molecule has 2 aromatic carbocycles. The number of hydrogen-bond donors (Lipinski definition) is 2. The Morgan fingerprint density at radius 2 is 1.78 bits per heavy atom. The molecule has 3 aromatic rings. The number of rotatable bonds is 9. The van der Waals surface area contributed by atoms with Crippen molar-refractivity contribution in [2.75, 3.05) is 16.8 Å². The molecule has 1 aliphatic rings. The van der Waals surface area contributed by atoms with Crippen LogP contribution in [0, 0.1) is 0 Å². The van der Waals surface area contributed by atoms with Gasteiger partial charge in [-0.15, -0.1) is 0 Å². The van der Waals surface area contributed by atoms with Crippen LogP contribution in [-0.2, 0) is 20.9 Å². The molecule has 36 heavy (non-hydrogen) atoms. The zero-order valence-corrected chi connectivity index (χ0v) is 20.0. The van der Waals surface area contributed by atoms with Crippen LogP contribution in [0.25, 0.3) is 0 Å². The van der Waals surface area contributed by atoms with Crippen LogP contribution in [0.5, 0.6) is 0 Å². The first kappa shape index (κ1) is 24.7. The molecule has 0 unspecified atom stereocenters. The summed E-state index contributed by atoms with van der Waals surface area (Å²) in [6.45, 7) is 2.40. The molecule has 10 heteroatoms. The molecular weight excluding hydrogens is 486 g/mol. The molecule has 2 heterocycles. The van der Waals surface area contributed by atoms with Crippen LogP contribution in [0.15, 0.2) is 82.1 Å². The molecule has 1 aromatic heterocycles. The maximum Gasteiger partial charge on any atom is 0.338 e. The average Bonchev–Trinajstić information content (AvgIpc) is 3.49. The summed E-state index contributed by atoms with van der Waals surface area (Å²) in [5.74, 6) is -1.61. The van der Waals surface area contributed by atoms with Gasteiger partial charge >= 0.3 is 5.97 Å². The first-order valence-electron chi connectivity index (χ1n) is 11.1. The molecule has 3 amide bonds. The number of furan rings is 1. The van der Waals surface area contributed by atoms with Gasteiger partial charge in [0.15, 0.2) is 0 Å². The second-order valence-electron chi connectivity index (χ2n) is 7.79. The molecule has 0 bridgehead atoms. The average molecular weight is 508 g/mol. The van der Waals surface area contributed by atoms with E-state index >= 15 is 0 Å². The third-order valence-electron chi connectivity index (χ3n) is 5.22. The van der Waals surface area contributed by atoms with Crippen molar-refractivity contribution in [3.05, 3.63) is 94.5 Å². The highest BCUT2D eigenvalue weighted by Gasteiger charge is 2.39. The van der Waals surface area contributed by atoms with Crippen molar-refractivity contribution in [2.24, 2.45) is 0 Å². The Kier molecular flexibility index (Phi) is 7.50. The summed E-state index contributed by atoms with van der Waals surface area (Å²) >= 11 is 6.21. The minimum Gasteiger partial charge on any atom is -0.467 e. The summed E-state index contributed by atoms with van der Waals surface area (Å²) < 4.78 is 10.3. The Bertz CT molecular complexity index is 1330. The number of nitrogens with one attached hydrogen (secondary N) is 2. The highest BCUT2D eigenvalue weighted by Crippen LogP contribution is 2.30. The predicted octanol–water partition coefficient (Wildman–Crippen LogP) is 4.21. The summed E-state index contributed by atoms with van der Waals surface area (Å²) in [5.41, 5.74) is 1.15. The van der Waals surface area contributed by atoms with Gasteiger partial charge in [-0.2, -0.15) is 0 Å². The van der Waals surface area contributed by atoms with Crippen molar-refractivity contribution in [1.82, 2.24) is 5.32 Å². The van der Waals surface area contributed by atoms with E-state index in [1.807, 2.05) is 6.92 Å². The molecule has 2 N–H and O–H groups in total. The Hall–Kier alpha value is -4.37. The molecule has 0 fully saturated rings. The van der Waals surface area contributed by atoms with Gasteiger partial charge in [0.05, 0.1) is 30.7 Å². The van der Waals surface area contributed by atoms with Gasteiger partial charge in [0.2, 0.25) is 0 Å². The Morgan fingerprint density at radius 1 is 1.00 bits per heavy atom. The molecule has 184 valence electrons. The third-order valence-corrected chi connectivity index (χ3v) is 5.57. The number of hydrogen-bond acceptors (Lipinski definition) is 7. The van der Waals surface area contributed by atoms with Gasteiger partial charge in [0.1, 0.15) is 16.5 Å². The van der Waals surface area contributed by atoms with Gasteiger partial charge in [0.25, 0.3) is 17.7 Å². The smallest absolute Gasteiger partial charge is 0.338 e. The van der Waals surface area contributed by atoms with Gasteiger partial charge in [-0.05, 0) is 61.0 Å². The molecule has 0 atom stereocenters. The van der Waals surface area contributed by atoms with Crippen LogP contribution in [0.4, 0.5) is 11.4 Å². The van der Waals surface area contributed by atoms with E-state index in [1.54, 1.807) is 30.3 Å². The van der Waals surface area contributed by atoms with Crippen molar-refractivity contribution < 1.29 is 28.3 Å². The number of imide groups is 1. The lowest BCUT2D eigenvalue weighted by molar-refractivity contribution is -0.120. The zero-order chi connectivity index (χ0) is 25.7. The van der Waals surface area contributed by atoms with Crippen LogP contribution >= 0.6 is 11.6 Å². The number of carbonyl (C=O) groups excluding carboxylic acids is 4. The van der Waals surface area contributed by atoms with Crippen molar-refractivity contribution in [3.8, 4) is 0 Å². The summed E-state index contributed by atoms with van der Waals surface area (Å²) in [7, 11) is 0. The molecule has 1 aliphatic heterocycles. The van der Waals surface area contributed by atoms with E-state index in [-0.39, 0.29) is 28.9 Å². The minimum absolute atomic E-state index is 0.124. The first-order chi connectivity index (χ1) is 17.4. The van der Waals surface area contributed by atoms with Gasteiger partial charge in [-0.3, -0.25) is 14.4 Å². The number of amides is 3. The van der Waals surface area contributed by atoms with E-state index in [1.165, 1.54) is 36.6 Å². The van der Waals surface area contributed by atoms with Crippen molar-refractivity contribution in [2.45, 2.75) is 19.9 Å². The largest absolute Gasteiger partial charge is 0.467 e. The maximum atomic E-state index is 13.1. The van der Waals surface area contributed by atoms with E-state index < -0.39 is 17.8 Å². The van der Waals surface area contributed by atoms with Crippen LogP contribution in [-0.4, -0.2) is 30.3 Å². The fourth-order valence-corrected chi connectivity index (χ4v) is 3.65. The topological polar surface area (TPSA) is 118 Å². The number of halogens is 1. The molecule has 0 spiro atoms. The standard InChI is InChI=1S/C26H22ClN3O6/c1-2-12-36-26(34)16-8-10-19(11-9-16)30-24(32)21(27)22(25(30)33)29-18-6-3-5-17(14-18)23(31)28-15-20-7-4-13-35-20/h3-11,13-14,29H,2,12,15H2,1H3,(H,28,31). The number of benzene rings is 2. The number of nitrogens with zero attached hydrogens (tertiary/aromatic N) is 1. The summed E-state index contributed by atoms with van der Waals surface area (Å²) in [6.07, 6.45) is 2.21. The molecule has 0 saturated heterocycles. The van der Waals surface area contributed by atoms with E-state index in [0.717, 1.165) is 4.90 Å². The van der Waals surface area contributed by atoms with Gasteiger partial charge in [-0.25, -0.2) is 9.69 Å². The Labute approximate surface area is 211 Å². The summed E-state index contributed by atoms with van der Waals surface area (Å²) in [5, 5.41) is 5.30. The number of ether oxygens (including phenoxy) is 1. The summed E-state index contributed by atoms with van der Waals surface area (Å²) in [4.78, 5) is 51.2. The van der Waals surface area contributed by atoms with Crippen LogP contribution < -0.4 is 15.5 Å².